The van der Waals surface area contributed by atoms with Crippen LogP contribution < -0.4 is 10.5 Å². The number of hydrogen-bond donors (Lipinski definition) is 1. The Hall–Kier alpha value is -3.34. The number of primary amides is 1. The predicted molar refractivity (Wildman–Crippen MR) is 93.8 cm³/mol. The van der Waals surface area contributed by atoms with Gasteiger partial charge in [-0.3, -0.25) is 4.79 Å². The average molecular weight is 319 g/mol. The minimum atomic E-state index is -0.497. The molecule has 1 aromatic heterocycles. The van der Waals surface area contributed by atoms with Crippen LogP contribution in [0.15, 0.2) is 66.9 Å². The lowest BCUT2D eigenvalue weighted by Crippen LogP contribution is -2.05. The second kappa shape index (κ2) is 6.83. The molecule has 0 bridgehead atoms. The third-order valence-corrected chi connectivity index (χ3v) is 3.55. The van der Waals surface area contributed by atoms with Gasteiger partial charge >= 0.3 is 0 Å². The molecule has 3 rings (SSSR count). The van der Waals surface area contributed by atoms with Crippen LogP contribution in [-0.2, 0) is 4.79 Å². The van der Waals surface area contributed by atoms with E-state index in [4.69, 9.17) is 10.5 Å². The lowest BCUT2D eigenvalue weighted by atomic mass is 10.1. The molecule has 2 N–H and O–H groups in total. The predicted octanol–water partition coefficient (Wildman–Crippen LogP) is 3.05. The van der Waals surface area contributed by atoms with Crippen LogP contribution in [0.25, 0.3) is 23.0 Å². The molecule has 2 aromatic carbocycles. The summed E-state index contributed by atoms with van der Waals surface area (Å²) >= 11 is 0. The fourth-order valence-corrected chi connectivity index (χ4v) is 2.37. The van der Waals surface area contributed by atoms with Gasteiger partial charge < -0.3 is 10.5 Å². The quantitative estimate of drug-likeness (QED) is 0.735. The van der Waals surface area contributed by atoms with Crippen LogP contribution in [0.3, 0.4) is 0 Å². The molecule has 3 aromatic rings. The van der Waals surface area contributed by atoms with Gasteiger partial charge in [0, 0.05) is 23.4 Å². The summed E-state index contributed by atoms with van der Waals surface area (Å²) in [5, 5.41) is 4.66. The second-order valence-corrected chi connectivity index (χ2v) is 5.18. The monoisotopic (exact) mass is 319 g/mol. The summed E-state index contributed by atoms with van der Waals surface area (Å²) in [5.41, 5.74) is 8.65. The maximum Gasteiger partial charge on any atom is 0.241 e. The second-order valence-electron chi connectivity index (χ2n) is 5.18. The van der Waals surface area contributed by atoms with E-state index in [1.165, 1.54) is 6.08 Å². The zero-order valence-corrected chi connectivity index (χ0v) is 13.2. The van der Waals surface area contributed by atoms with Crippen molar-refractivity contribution < 1.29 is 9.53 Å². The molecular weight excluding hydrogens is 302 g/mol. The molecule has 0 atom stereocenters. The van der Waals surface area contributed by atoms with Gasteiger partial charge in [0.05, 0.1) is 18.5 Å². The molecule has 5 nitrogen and oxygen atoms in total. The maximum atomic E-state index is 11.1. The maximum absolute atomic E-state index is 11.1. The molecule has 1 heterocycles. The smallest absolute Gasteiger partial charge is 0.241 e. The van der Waals surface area contributed by atoms with Gasteiger partial charge in [0.1, 0.15) is 5.75 Å². The zero-order chi connectivity index (χ0) is 16.9. The van der Waals surface area contributed by atoms with E-state index in [-0.39, 0.29) is 0 Å². The summed E-state index contributed by atoms with van der Waals surface area (Å²) in [5.74, 6) is 0.276. The highest BCUT2D eigenvalue weighted by atomic mass is 16.5. The fourth-order valence-electron chi connectivity index (χ4n) is 2.37. The number of carbonyl (C=O) groups excluding carboxylic acids is 1. The van der Waals surface area contributed by atoms with Crippen LogP contribution >= 0.6 is 0 Å². The van der Waals surface area contributed by atoms with Crippen molar-refractivity contribution in [3.8, 4) is 22.7 Å². The summed E-state index contributed by atoms with van der Waals surface area (Å²) < 4.78 is 6.97. The Morgan fingerprint density at radius 1 is 1.12 bits per heavy atom. The van der Waals surface area contributed by atoms with Gasteiger partial charge in [0.25, 0.3) is 0 Å². The van der Waals surface area contributed by atoms with Crippen molar-refractivity contribution in [2.45, 2.75) is 0 Å². The highest BCUT2D eigenvalue weighted by Crippen LogP contribution is 2.26. The number of amides is 1. The van der Waals surface area contributed by atoms with Gasteiger partial charge in [0.2, 0.25) is 5.91 Å². The van der Waals surface area contributed by atoms with E-state index in [0.29, 0.717) is 0 Å². The number of nitrogens with two attached hydrogens (primary N) is 1. The molecule has 0 unspecified atom stereocenters. The number of hydrogen-bond acceptors (Lipinski definition) is 3. The number of aromatic nitrogens is 2. The van der Waals surface area contributed by atoms with Gasteiger partial charge in [-0.1, -0.05) is 18.2 Å². The molecule has 0 aliphatic heterocycles. The van der Waals surface area contributed by atoms with Crippen LogP contribution in [0.2, 0.25) is 0 Å². The number of nitrogens with zero attached hydrogens (tertiary/aromatic N) is 2. The van der Waals surface area contributed by atoms with Gasteiger partial charge in [-0.15, -0.1) is 0 Å². The normalized spacial score (nSPS) is 10.9. The van der Waals surface area contributed by atoms with E-state index in [0.717, 1.165) is 28.3 Å². The van der Waals surface area contributed by atoms with Gasteiger partial charge in [0.15, 0.2) is 0 Å². The first kappa shape index (κ1) is 15.6. The summed E-state index contributed by atoms with van der Waals surface area (Å²) in [6, 6.07) is 17.4. The lowest BCUT2D eigenvalue weighted by Gasteiger charge is -2.02. The van der Waals surface area contributed by atoms with Crippen LogP contribution in [0.5, 0.6) is 5.75 Å². The molecule has 0 radical (unpaired) electrons. The van der Waals surface area contributed by atoms with E-state index in [9.17, 15) is 4.79 Å². The summed E-state index contributed by atoms with van der Waals surface area (Å²) in [6.45, 7) is 0. The number of rotatable bonds is 5. The minimum absolute atomic E-state index is 0.497. The molecule has 0 aliphatic carbocycles. The number of methoxy groups -OCH3 is 1. The van der Waals surface area contributed by atoms with Gasteiger partial charge in [-0.05, 0) is 42.5 Å². The molecule has 1 amide bonds. The molecule has 120 valence electrons. The highest BCUT2D eigenvalue weighted by molar-refractivity contribution is 5.91. The summed E-state index contributed by atoms with van der Waals surface area (Å²) in [4.78, 5) is 11.1. The first-order valence-electron chi connectivity index (χ1n) is 7.44. The molecular formula is C19H17N3O2. The Labute approximate surface area is 140 Å². The summed E-state index contributed by atoms with van der Waals surface area (Å²) in [6.07, 6.45) is 4.88. The molecule has 24 heavy (non-hydrogen) atoms. The van der Waals surface area contributed by atoms with Crippen molar-refractivity contribution in [2.24, 2.45) is 5.73 Å². The van der Waals surface area contributed by atoms with Crippen molar-refractivity contribution in [2.75, 3.05) is 7.11 Å². The number of ether oxygens (including phenoxy) is 1. The van der Waals surface area contributed by atoms with Crippen molar-refractivity contribution >= 4 is 12.0 Å². The molecule has 5 heteroatoms. The van der Waals surface area contributed by atoms with Crippen molar-refractivity contribution in [3.63, 3.8) is 0 Å². The zero-order valence-electron chi connectivity index (χ0n) is 13.2. The molecule has 0 saturated carbocycles. The molecule has 0 saturated heterocycles. The lowest BCUT2D eigenvalue weighted by molar-refractivity contribution is -0.113. The van der Waals surface area contributed by atoms with Crippen LogP contribution in [0, 0.1) is 0 Å². The Morgan fingerprint density at radius 3 is 2.46 bits per heavy atom. The van der Waals surface area contributed by atoms with E-state index < -0.39 is 5.91 Å². The average Bonchev–Trinajstić information content (AvgIpc) is 3.05. The summed E-state index contributed by atoms with van der Waals surface area (Å²) in [7, 11) is 1.63. The minimum Gasteiger partial charge on any atom is -0.497 e. The Bertz CT molecular complexity index is 865. The first-order chi connectivity index (χ1) is 11.7. The standard InChI is InChI=1S/C19H17N3O2/c1-24-17-10-7-14(8-11-17)19-15(9-12-18(20)23)13-22(21-19)16-5-3-2-4-6-16/h2-13H,1H3,(H2,20,23)/b12-9+. The van der Waals surface area contributed by atoms with Crippen LogP contribution in [-0.4, -0.2) is 22.8 Å². The molecule has 0 spiro atoms. The van der Waals surface area contributed by atoms with Crippen molar-refractivity contribution in [1.29, 1.82) is 0 Å². The molecule has 0 fully saturated rings. The van der Waals surface area contributed by atoms with Gasteiger partial charge in [-0.25, -0.2) is 4.68 Å². The first-order valence-corrected chi connectivity index (χ1v) is 7.44. The number of para-hydroxylation sites is 1. The third kappa shape index (κ3) is 3.35. The van der Waals surface area contributed by atoms with Crippen LogP contribution in [0.4, 0.5) is 0 Å². The van der Waals surface area contributed by atoms with E-state index in [2.05, 4.69) is 5.10 Å². The Morgan fingerprint density at radius 2 is 1.83 bits per heavy atom. The largest absolute Gasteiger partial charge is 0.497 e. The van der Waals surface area contributed by atoms with E-state index in [1.807, 2.05) is 60.8 Å². The van der Waals surface area contributed by atoms with E-state index >= 15 is 0 Å². The molecule has 0 aliphatic rings. The van der Waals surface area contributed by atoms with Gasteiger partial charge in [-0.2, -0.15) is 5.10 Å². The van der Waals surface area contributed by atoms with Crippen molar-refractivity contribution in [3.05, 3.63) is 72.4 Å². The SMILES string of the molecule is COc1ccc(-c2nn(-c3ccccc3)cc2/C=C/C(N)=O)cc1. The topological polar surface area (TPSA) is 70.1 Å². The van der Waals surface area contributed by atoms with E-state index in [1.54, 1.807) is 17.9 Å². The van der Waals surface area contributed by atoms with Crippen LogP contribution in [0.1, 0.15) is 5.56 Å². The fraction of sp³-hybridized carbons (Fsp3) is 0.0526. The third-order valence-electron chi connectivity index (χ3n) is 3.55. The Kier molecular flexibility index (Phi) is 4.43. The van der Waals surface area contributed by atoms with Crippen molar-refractivity contribution in [1.82, 2.24) is 9.78 Å². The number of benzene rings is 2. The highest BCUT2D eigenvalue weighted by Gasteiger charge is 2.11. The Balaban J connectivity index is 2.08. The number of carbonyl (C=O) groups is 1.